The van der Waals surface area contributed by atoms with Crippen LogP contribution >= 0.6 is 11.6 Å². The average molecular weight is 445 g/mol. The van der Waals surface area contributed by atoms with Crippen molar-refractivity contribution in [3.8, 4) is 11.3 Å². The third-order valence-electron chi connectivity index (χ3n) is 4.56. The number of amides is 1. The smallest absolute Gasteiger partial charge is 0.266 e. The summed E-state index contributed by atoms with van der Waals surface area (Å²) in [5.74, 6) is -1.90. The van der Waals surface area contributed by atoms with E-state index in [1.807, 2.05) is 6.07 Å². The van der Waals surface area contributed by atoms with Gasteiger partial charge in [-0.15, -0.1) is 0 Å². The predicted molar refractivity (Wildman–Crippen MR) is 109 cm³/mol. The number of nitrogens with one attached hydrogen (secondary N) is 1. The van der Waals surface area contributed by atoms with E-state index < -0.39 is 17.2 Å². The van der Waals surface area contributed by atoms with Crippen molar-refractivity contribution in [1.29, 1.82) is 0 Å². The van der Waals surface area contributed by atoms with Crippen LogP contribution in [0.4, 0.5) is 8.78 Å². The van der Waals surface area contributed by atoms with E-state index in [1.54, 1.807) is 18.2 Å². The fourth-order valence-electron chi connectivity index (χ4n) is 3.09. The lowest BCUT2D eigenvalue weighted by Crippen LogP contribution is -2.27. The molecule has 1 amide bonds. The van der Waals surface area contributed by atoms with Crippen molar-refractivity contribution in [3.63, 3.8) is 0 Å². The molecule has 158 valence electrons. The van der Waals surface area contributed by atoms with E-state index in [0.29, 0.717) is 17.6 Å². The number of benzene rings is 2. The van der Waals surface area contributed by atoms with Gasteiger partial charge in [-0.1, -0.05) is 28.9 Å². The minimum Gasteiger partial charge on any atom is -0.352 e. The summed E-state index contributed by atoms with van der Waals surface area (Å²) in [6.07, 6.45) is 1.25. The number of nitrogens with zero attached hydrogens (tertiary/aromatic N) is 3. The lowest BCUT2D eigenvalue weighted by Gasteiger charge is -2.07. The molecule has 2 heterocycles. The molecular weight excluding hydrogens is 430 g/mol. The Hall–Kier alpha value is -3.59. The zero-order valence-electron chi connectivity index (χ0n) is 15.9. The molecule has 0 aliphatic heterocycles. The number of aryl methyl sites for hydroxylation is 1. The Kier molecular flexibility index (Phi) is 5.77. The van der Waals surface area contributed by atoms with Gasteiger partial charge >= 0.3 is 0 Å². The van der Waals surface area contributed by atoms with Gasteiger partial charge in [0, 0.05) is 36.2 Å². The summed E-state index contributed by atoms with van der Waals surface area (Å²) in [6.45, 7) is 0.345. The van der Waals surface area contributed by atoms with E-state index >= 15 is 0 Å². The summed E-state index contributed by atoms with van der Waals surface area (Å²) in [4.78, 5) is 29.1. The second-order valence-electron chi connectivity index (χ2n) is 6.77. The first kappa shape index (κ1) is 20.7. The normalized spacial score (nSPS) is 11.1. The van der Waals surface area contributed by atoms with Crippen LogP contribution in [0.2, 0.25) is 5.02 Å². The molecule has 0 saturated carbocycles. The molecule has 10 heteroatoms. The number of carbonyl (C=O) groups excluding carboxylic acids is 1. The van der Waals surface area contributed by atoms with E-state index in [0.717, 1.165) is 17.7 Å². The van der Waals surface area contributed by atoms with Crippen LogP contribution in [-0.2, 0) is 17.9 Å². The fourth-order valence-corrected chi connectivity index (χ4v) is 3.30. The number of hydrogen-bond acceptors (Lipinski definition) is 5. The molecule has 7 nitrogen and oxygen atoms in total. The Morgan fingerprint density at radius 1 is 1.16 bits per heavy atom. The lowest BCUT2D eigenvalue weighted by atomic mass is 10.1. The molecular formula is C21H15ClF2N4O3. The van der Waals surface area contributed by atoms with Gasteiger partial charge in [-0.3, -0.25) is 14.2 Å². The van der Waals surface area contributed by atoms with Gasteiger partial charge in [-0.2, -0.15) is 0 Å². The minimum atomic E-state index is -0.813. The summed E-state index contributed by atoms with van der Waals surface area (Å²) in [6, 6.07) is 9.89. The van der Waals surface area contributed by atoms with E-state index in [1.165, 1.54) is 10.9 Å². The van der Waals surface area contributed by atoms with Gasteiger partial charge in [0.2, 0.25) is 5.91 Å². The van der Waals surface area contributed by atoms with Crippen molar-refractivity contribution in [2.24, 2.45) is 0 Å². The molecule has 0 fully saturated rings. The van der Waals surface area contributed by atoms with Gasteiger partial charge in [0.1, 0.15) is 29.0 Å². The summed E-state index contributed by atoms with van der Waals surface area (Å²) >= 11 is 5.92. The number of fused-ring (bicyclic) bond motifs is 1. The Morgan fingerprint density at radius 2 is 1.94 bits per heavy atom. The lowest BCUT2D eigenvalue weighted by molar-refractivity contribution is -0.121. The van der Waals surface area contributed by atoms with Gasteiger partial charge in [-0.05, 0) is 29.8 Å². The molecule has 0 unspecified atom stereocenters. The van der Waals surface area contributed by atoms with Crippen LogP contribution < -0.4 is 10.9 Å². The molecule has 31 heavy (non-hydrogen) atoms. The molecule has 2 aromatic heterocycles. The van der Waals surface area contributed by atoms with Gasteiger partial charge in [0.25, 0.3) is 11.3 Å². The van der Waals surface area contributed by atoms with Gasteiger partial charge in [-0.25, -0.2) is 13.8 Å². The molecule has 1 N–H and O–H groups in total. The van der Waals surface area contributed by atoms with Crippen molar-refractivity contribution in [2.75, 3.05) is 0 Å². The molecule has 0 bridgehead atoms. The van der Waals surface area contributed by atoms with E-state index in [-0.39, 0.29) is 41.2 Å². The second-order valence-corrected chi connectivity index (χ2v) is 7.21. The zero-order chi connectivity index (χ0) is 22.0. The summed E-state index contributed by atoms with van der Waals surface area (Å²) in [7, 11) is 0. The highest BCUT2D eigenvalue weighted by molar-refractivity contribution is 6.30. The first-order chi connectivity index (χ1) is 14.9. The molecule has 2 aromatic carbocycles. The highest BCUT2D eigenvalue weighted by Gasteiger charge is 2.18. The van der Waals surface area contributed by atoms with Gasteiger partial charge < -0.3 is 9.84 Å². The molecule has 0 aliphatic rings. The van der Waals surface area contributed by atoms with E-state index in [2.05, 4.69) is 15.5 Å². The van der Waals surface area contributed by atoms with Crippen LogP contribution in [0.1, 0.15) is 12.0 Å². The number of carbonyl (C=O) groups is 1. The van der Waals surface area contributed by atoms with Crippen molar-refractivity contribution in [2.45, 2.75) is 19.5 Å². The molecule has 0 saturated heterocycles. The Bertz CT molecular complexity index is 1320. The molecule has 4 rings (SSSR count). The first-order valence-electron chi connectivity index (χ1n) is 9.23. The van der Waals surface area contributed by atoms with Gasteiger partial charge in [0.15, 0.2) is 0 Å². The fraction of sp³-hybridized carbons (Fsp3) is 0.143. The minimum absolute atomic E-state index is 0.0167. The zero-order valence-corrected chi connectivity index (χ0v) is 16.7. The quantitative estimate of drug-likeness (QED) is 0.490. The van der Waals surface area contributed by atoms with Crippen molar-refractivity contribution >= 4 is 28.6 Å². The standard InChI is InChI=1S/C21H15ClF2N4O3/c22-14-3-1-2-12(6-14)10-25-17(29)4-5-28-11-26-20-18(21(28)30)19(27-31-20)13-7-15(23)9-16(24)8-13/h1-3,6-9,11H,4-5,10H2,(H,25,29). The Balaban J connectivity index is 1.51. The topological polar surface area (TPSA) is 90.0 Å². The molecule has 4 aromatic rings. The maximum absolute atomic E-state index is 13.6. The highest BCUT2D eigenvalue weighted by Crippen LogP contribution is 2.25. The monoisotopic (exact) mass is 444 g/mol. The molecule has 0 aliphatic carbocycles. The van der Waals surface area contributed by atoms with Crippen molar-refractivity contribution in [1.82, 2.24) is 20.0 Å². The largest absolute Gasteiger partial charge is 0.352 e. The maximum atomic E-state index is 13.6. The van der Waals surface area contributed by atoms with Crippen LogP contribution in [0.15, 0.2) is 58.1 Å². The maximum Gasteiger partial charge on any atom is 0.266 e. The summed E-state index contributed by atoms with van der Waals surface area (Å²) in [5, 5.41) is 7.04. The van der Waals surface area contributed by atoms with E-state index in [4.69, 9.17) is 16.1 Å². The predicted octanol–water partition coefficient (Wildman–Crippen LogP) is 3.69. The third kappa shape index (κ3) is 4.61. The second kappa shape index (κ2) is 8.65. The Labute approximate surface area is 179 Å². The molecule has 0 radical (unpaired) electrons. The summed E-state index contributed by atoms with van der Waals surface area (Å²) in [5.41, 5.74) is 0.273. The third-order valence-corrected chi connectivity index (χ3v) is 4.79. The van der Waals surface area contributed by atoms with Crippen LogP contribution in [-0.4, -0.2) is 20.6 Å². The van der Waals surface area contributed by atoms with Crippen molar-refractivity contribution < 1.29 is 18.1 Å². The van der Waals surface area contributed by atoms with Crippen LogP contribution in [0.3, 0.4) is 0 Å². The van der Waals surface area contributed by atoms with E-state index in [9.17, 15) is 18.4 Å². The van der Waals surface area contributed by atoms with Crippen molar-refractivity contribution in [3.05, 3.63) is 81.4 Å². The highest BCUT2D eigenvalue weighted by atomic mass is 35.5. The van der Waals surface area contributed by atoms with Crippen LogP contribution in [0.25, 0.3) is 22.4 Å². The average Bonchev–Trinajstić information content (AvgIpc) is 3.16. The Morgan fingerprint density at radius 3 is 2.68 bits per heavy atom. The van der Waals surface area contributed by atoms with Crippen LogP contribution in [0.5, 0.6) is 0 Å². The first-order valence-corrected chi connectivity index (χ1v) is 9.61. The number of aromatic nitrogens is 3. The van der Waals surface area contributed by atoms with Gasteiger partial charge in [0.05, 0.1) is 0 Å². The summed E-state index contributed by atoms with van der Waals surface area (Å²) < 4.78 is 33.4. The molecule has 0 spiro atoms. The number of hydrogen-bond donors (Lipinski definition) is 1. The molecule has 0 atom stereocenters. The SMILES string of the molecule is O=C(CCn1cnc2onc(-c3cc(F)cc(F)c3)c2c1=O)NCc1cccc(Cl)c1. The van der Waals surface area contributed by atoms with Crippen LogP contribution in [0, 0.1) is 11.6 Å². The number of rotatable bonds is 6. The number of halogens is 3.